The van der Waals surface area contributed by atoms with Crippen LogP contribution in [0.5, 0.6) is 5.75 Å². The van der Waals surface area contributed by atoms with Crippen molar-refractivity contribution in [3.63, 3.8) is 0 Å². The predicted octanol–water partition coefficient (Wildman–Crippen LogP) is 4.63. The van der Waals surface area contributed by atoms with E-state index in [0.717, 1.165) is 24.3 Å². The normalized spacial score (nSPS) is 23.1. The third kappa shape index (κ3) is 4.66. The van der Waals surface area contributed by atoms with E-state index in [1.54, 1.807) is 12.1 Å². The van der Waals surface area contributed by atoms with Crippen LogP contribution in [0, 0.1) is 5.92 Å². The Bertz CT molecular complexity index is 464. The Kier molecular flexibility index (Phi) is 4.96. The van der Waals surface area contributed by atoms with Gasteiger partial charge in [-0.2, -0.15) is 0 Å². The molecular formula is C14H17BrF3NO. The number of alkyl halides is 3. The summed E-state index contributed by atoms with van der Waals surface area (Å²) in [7, 11) is 0. The Morgan fingerprint density at radius 1 is 1.35 bits per heavy atom. The van der Waals surface area contributed by atoms with Crippen LogP contribution < -0.4 is 10.1 Å². The van der Waals surface area contributed by atoms with Gasteiger partial charge in [0.2, 0.25) is 0 Å². The molecule has 2 unspecified atom stereocenters. The van der Waals surface area contributed by atoms with Crippen LogP contribution in [0.3, 0.4) is 0 Å². The highest BCUT2D eigenvalue weighted by Crippen LogP contribution is 2.31. The summed E-state index contributed by atoms with van der Waals surface area (Å²) in [6.07, 6.45) is -1.10. The number of hydrogen-bond donors (Lipinski definition) is 1. The van der Waals surface area contributed by atoms with E-state index in [2.05, 4.69) is 32.9 Å². The Hall–Kier alpha value is -0.750. The second-order valence-electron chi connectivity index (χ2n) is 5.31. The van der Waals surface area contributed by atoms with Gasteiger partial charge in [-0.1, -0.05) is 13.0 Å². The second-order valence-corrected chi connectivity index (χ2v) is 6.16. The molecule has 1 aromatic carbocycles. The molecule has 0 bridgehead atoms. The highest BCUT2D eigenvalue weighted by Gasteiger charge is 2.32. The molecule has 0 radical (unpaired) electrons. The maximum atomic E-state index is 12.2. The fourth-order valence-corrected chi connectivity index (χ4v) is 3.02. The van der Waals surface area contributed by atoms with Crippen LogP contribution in [0.4, 0.5) is 13.2 Å². The highest BCUT2D eigenvalue weighted by molar-refractivity contribution is 9.10. The molecule has 2 nitrogen and oxygen atoms in total. The Balaban J connectivity index is 1.92. The first-order valence-electron chi connectivity index (χ1n) is 6.61. The molecule has 0 amide bonds. The van der Waals surface area contributed by atoms with Gasteiger partial charge in [0.25, 0.3) is 0 Å². The summed E-state index contributed by atoms with van der Waals surface area (Å²) in [5, 5.41) is 3.44. The molecule has 1 aromatic rings. The molecule has 20 heavy (non-hydrogen) atoms. The molecule has 1 N–H and O–H groups in total. The van der Waals surface area contributed by atoms with Crippen molar-refractivity contribution in [3.8, 4) is 5.75 Å². The van der Waals surface area contributed by atoms with Crippen molar-refractivity contribution in [3.05, 3.63) is 28.2 Å². The second kappa shape index (κ2) is 6.35. The SMILES string of the molecule is CC1CCC(NCc2ccc(OC(F)(F)F)c(Br)c2)C1. The average molecular weight is 352 g/mol. The van der Waals surface area contributed by atoms with E-state index in [1.807, 2.05) is 0 Å². The lowest BCUT2D eigenvalue weighted by Gasteiger charge is -2.14. The van der Waals surface area contributed by atoms with Crippen LogP contribution in [0.25, 0.3) is 0 Å². The number of rotatable bonds is 4. The first-order valence-corrected chi connectivity index (χ1v) is 7.40. The molecule has 1 saturated carbocycles. The fraction of sp³-hybridized carbons (Fsp3) is 0.571. The van der Waals surface area contributed by atoms with Gasteiger partial charge in [0, 0.05) is 12.6 Å². The van der Waals surface area contributed by atoms with Crippen molar-refractivity contribution in [2.75, 3.05) is 0 Å². The van der Waals surface area contributed by atoms with Crippen molar-refractivity contribution in [2.45, 2.75) is 45.1 Å². The maximum Gasteiger partial charge on any atom is 0.573 e. The van der Waals surface area contributed by atoms with Crippen molar-refractivity contribution < 1.29 is 17.9 Å². The lowest BCUT2D eigenvalue weighted by Crippen LogP contribution is -2.25. The largest absolute Gasteiger partial charge is 0.573 e. The molecule has 0 aliphatic heterocycles. The summed E-state index contributed by atoms with van der Waals surface area (Å²) in [6, 6.07) is 5.16. The van der Waals surface area contributed by atoms with Gasteiger partial charge in [-0.05, 0) is 58.8 Å². The number of ether oxygens (including phenoxy) is 1. The van der Waals surface area contributed by atoms with Crippen LogP contribution in [-0.2, 0) is 6.54 Å². The quantitative estimate of drug-likeness (QED) is 0.853. The lowest BCUT2D eigenvalue weighted by atomic mass is 10.1. The predicted molar refractivity (Wildman–Crippen MR) is 74.5 cm³/mol. The van der Waals surface area contributed by atoms with Crippen molar-refractivity contribution >= 4 is 15.9 Å². The molecule has 2 atom stereocenters. The molecule has 1 aliphatic rings. The van der Waals surface area contributed by atoms with E-state index in [0.29, 0.717) is 17.1 Å². The minimum absolute atomic E-state index is 0.212. The minimum atomic E-state index is -4.66. The lowest BCUT2D eigenvalue weighted by molar-refractivity contribution is -0.274. The minimum Gasteiger partial charge on any atom is -0.405 e. The maximum absolute atomic E-state index is 12.2. The molecule has 0 spiro atoms. The van der Waals surface area contributed by atoms with Gasteiger partial charge >= 0.3 is 6.36 Å². The van der Waals surface area contributed by atoms with Gasteiger partial charge in [-0.3, -0.25) is 0 Å². The summed E-state index contributed by atoms with van der Waals surface area (Å²) < 4.78 is 40.7. The number of halogens is 4. The first kappa shape index (κ1) is 15.6. The Morgan fingerprint density at radius 2 is 2.10 bits per heavy atom. The van der Waals surface area contributed by atoms with Crippen LogP contribution in [0.1, 0.15) is 31.7 Å². The van der Waals surface area contributed by atoms with Crippen molar-refractivity contribution in [2.24, 2.45) is 5.92 Å². The fourth-order valence-electron chi connectivity index (χ4n) is 2.52. The van der Waals surface area contributed by atoms with Gasteiger partial charge in [0.1, 0.15) is 5.75 Å². The summed E-state index contributed by atoms with van der Waals surface area (Å²) in [6.45, 7) is 2.89. The summed E-state index contributed by atoms with van der Waals surface area (Å²) in [5.74, 6) is 0.539. The topological polar surface area (TPSA) is 21.3 Å². The summed E-state index contributed by atoms with van der Waals surface area (Å²) >= 11 is 3.11. The van der Waals surface area contributed by atoms with Crippen LogP contribution >= 0.6 is 15.9 Å². The van der Waals surface area contributed by atoms with E-state index in [9.17, 15) is 13.2 Å². The molecule has 0 saturated heterocycles. The van der Waals surface area contributed by atoms with E-state index in [4.69, 9.17) is 0 Å². The summed E-state index contributed by atoms with van der Waals surface area (Å²) in [4.78, 5) is 0. The monoisotopic (exact) mass is 351 g/mol. The Labute approximate surface area is 124 Å². The first-order chi connectivity index (χ1) is 9.33. The van der Waals surface area contributed by atoms with Gasteiger partial charge < -0.3 is 10.1 Å². The van der Waals surface area contributed by atoms with Gasteiger partial charge in [0.05, 0.1) is 4.47 Å². The number of hydrogen-bond acceptors (Lipinski definition) is 2. The molecule has 112 valence electrons. The molecular weight excluding hydrogens is 335 g/mol. The van der Waals surface area contributed by atoms with Gasteiger partial charge in [-0.15, -0.1) is 13.2 Å². The molecule has 2 rings (SSSR count). The van der Waals surface area contributed by atoms with Gasteiger partial charge in [0.15, 0.2) is 0 Å². The third-order valence-electron chi connectivity index (χ3n) is 3.51. The van der Waals surface area contributed by atoms with Gasteiger partial charge in [-0.25, -0.2) is 0 Å². The average Bonchev–Trinajstić information content (AvgIpc) is 2.74. The highest BCUT2D eigenvalue weighted by atomic mass is 79.9. The molecule has 1 aliphatic carbocycles. The van der Waals surface area contributed by atoms with E-state index >= 15 is 0 Å². The van der Waals surface area contributed by atoms with Crippen LogP contribution in [-0.4, -0.2) is 12.4 Å². The molecule has 0 heterocycles. The zero-order chi connectivity index (χ0) is 14.8. The van der Waals surface area contributed by atoms with Crippen LogP contribution in [0.15, 0.2) is 22.7 Å². The summed E-state index contributed by atoms with van der Waals surface area (Å²) in [5.41, 5.74) is 0.936. The molecule has 0 aromatic heterocycles. The molecule has 1 fully saturated rings. The number of benzene rings is 1. The van der Waals surface area contributed by atoms with Crippen molar-refractivity contribution in [1.29, 1.82) is 0 Å². The third-order valence-corrected chi connectivity index (χ3v) is 4.13. The van der Waals surface area contributed by atoms with E-state index in [1.165, 1.54) is 12.5 Å². The zero-order valence-electron chi connectivity index (χ0n) is 11.1. The Morgan fingerprint density at radius 3 is 2.65 bits per heavy atom. The van der Waals surface area contributed by atoms with Crippen LogP contribution in [0.2, 0.25) is 0 Å². The standard InChI is InChI=1S/C14H17BrF3NO/c1-9-2-4-11(6-9)19-8-10-3-5-13(12(15)7-10)20-14(16,17)18/h3,5,7,9,11,19H,2,4,6,8H2,1H3. The van der Waals surface area contributed by atoms with E-state index in [-0.39, 0.29) is 5.75 Å². The smallest absolute Gasteiger partial charge is 0.405 e. The van der Waals surface area contributed by atoms with Crippen molar-refractivity contribution in [1.82, 2.24) is 5.32 Å². The molecule has 6 heteroatoms. The zero-order valence-corrected chi connectivity index (χ0v) is 12.7. The van der Waals surface area contributed by atoms with E-state index < -0.39 is 6.36 Å². The number of nitrogens with one attached hydrogen (secondary N) is 1.